The van der Waals surface area contributed by atoms with Gasteiger partial charge in [0, 0.05) is 11.8 Å². The summed E-state index contributed by atoms with van der Waals surface area (Å²) in [7, 11) is 0. The third-order valence-electron chi connectivity index (χ3n) is 10.5. The van der Waals surface area contributed by atoms with Gasteiger partial charge in [-0.1, -0.05) is 20.8 Å². The summed E-state index contributed by atoms with van der Waals surface area (Å²) < 4.78 is 0. The molecule has 4 aliphatic rings. The zero-order valence-electron chi connectivity index (χ0n) is 18.0. The summed E-state index contributed by atoms with van der Waals surface area (Å²) in [6, 6.07) is 0. The average molecular weight is 393 g/mol. The van der Waals surface area contributed by atoms with Crippen LogP contribution in [0.15, 0.2) is 0 Å². The van der Waals surface area contributed by atoms with Gasteiger partial charge in [-0.25, -0.2) is 0 Å². The maximum Gasteiger partial charge on any atom is 0.303 e. The summed E-state index contributed by atoms with van der Waals surface area (Å²) in [5, 5.41) is 30.7. The van der Waals surface area contributed by atoms with Crippen LogP contribution in [0.4, 0.5) is 0 Å². The molecule has 3 N–H and O–H groups in total. The van der Waals surface area contributed by atoms with Gasteiger partial charge in [-0.2, -0.15) is 0 Å². The van der Waals surface area contributed by atoms with E-state index in [1.807, 2.05) is 0 Å². The van der Waals surface area contributed by atoms with Crippen LogP contribution in [0.1, 0.15) is 91.4 Å². The molecule has 0 bridgehead atoms. The van der Waals surface area contributed by atoms with Crippen molar-refractivity contribution in [2.75, 3.05) is 0 Å². The molecule has 0 aromatic rings. The first-order valence-electron chi connectivity index (χ1n) is 11.7. The van der Waals surface area contributed by atoms with E-state index in [4.69, 9.17) is 5.11 Å². The number of hydrogen-bond acceptors (Lipinski definition) is 3. The Bertz CT molecular complexity index is 620. The molecular weight excluding hydrogens is 352 g/mol. The lowest BCUT2D eigenvalue weighted by molar-refractivity contribution is -0.223. The lowest BCUT2D eigenvalue weighted by atomic mass is 9.38. The Hall–Kier alpha value is -0.610. The Kier molecular flexibility index (Phi) is 5.14. The smallest absolute Gasteiger partial charge is 0.303 e. The van der Waals surface area contributed by atoms with E-state index in [1.165, 1.54) is 25.7 Å². The van der Waals surface area contributed by atoms with Gasteiger partial charge < -0.3 is 15.3 Å². The van der Waals surface area contributed by atoms with Gasteiger partial charge in [-0.15, -0.1) is 0 Å². The molecule has 0 aromatic carbocycles. The number of aliphatic hydroxyl groups excluding tert-OH is 2. The normalized spacial score (nSPS) is 53.2. The molecule has 160 valence electrons. The van der Waals surface area contributed by atoms with E-state index < -0.39 is 5.97 Å². The second kappa shape index (κ2) is 6.97. The van der Waals surface area contributed by atoms with Gasteiger partial charge in [0.15, 0.2) is 0 Å². The number of aliphatic carboxylic acids is 1. The highest BCUT2D eigenvalue weighted by atomic mass is 16.4. The third-order valence-corrected chi connectivity index (χ3v) is 10.5. The Morgan fingerprint density at radius 2 is 1.61 bits per heavy atom. The topological polar surface area (TPSA) is 77.8 Å². The number of carbonyl (C=O) groups is 1. The monoisotopic (exact) mass is 392 g/mol. The fraction of sp³-hybridized carbons (Fsp3) is 0.958. The van der Waals surface area contributed by atoms with Crippen LogP contribution < -0.4 is 0 Å². The maximum absolute atomic E-state index is 11.4. The van der Waals surface area contributed by atoms with Crippen molar-refractivity contribution < 1.29 is 20.1 Å². The zero-order valence-corrected chi connectivity index (χ0v) is 18.0. The van der Waals surface area contributed by atoms with Gasteiger partial charge in [0.25, 0.3) is 0 Å². The molecule has 4 saturated carbocycles. The van der Waals surface area contributed by atoms with Crippen molar-refractivity contribution in [1.82, 2.24) is 0 Å². The number of aliphatic hydroxyl groups is 2. The molecule has 4 nitrogen and oxygen atoms in total. The van der Waals surface area contributed by atoms with Crippen molar-refractivity contribution in [2.24, 2.45) is 39.9 Å². The Labute approximate surface area is 170 Å². The second-order valence-corrected chi connectivity index (χ2v) is 11.5. The summed E-state index contributed by atoms with van der Waals surface area (Å²) in [6.45, 7) is 7.29. The van der Waals surface area contributed by atoms with Gasteiger partial charge in [0.05, 0.1) is 12.2 Å². The molecule has 4 aliphatic carbocycles. The Morgan fingerprint density at radius 3 is 2.32 bits per heavy atom. The van der Waals surface area contributed by atoms with Crippen LogP contribution in [-0.2, 0) is 4.79 Å². The molecular formula is C24H40O4. The third kappa shape index (κ3) is 2.88. The zero-order chi connectivity index (χ0) is 20.3. The van der Waals surface area contributed by atoms with E-state index in [1.54, 1.807) is 0 Å². The molecule has 0 heterocycles. The quantitative estimate of drug-likeness (QED) is 0.652. The van der Waals surface area contributed by atoms with Gasteiger partial charge >= 0.3 is 5.97 Å². The molecule has 4 rings (SSSR count). The van der Waals surface area contributed by atoms with E-state index in [2.05, 4.69) is 20.8 Å². The van der Waals surface area contributed by atoms with Crippen LogP contribution in [-0.4, -0.2) is 33.5 Å². The number of carboxylic acids is 1. The summed E-state index contributed by atoms with van der Waals surface area (Å²) in [5.74, 6) is 1.43. The van der Waals surface area contributed by atoms with Crippen LogP contribution >= 0.6 is 0 Å². The maximum atomic E-state index is 11.4. The van der Waals surface area contributed by atoms with Gasteiger partial charge in [0.1, 0.15) is 0 Å². The fourth-order valence-electron chi connectivity index (χ4n) is 8.94. The minimum Gasteiger partial charge on any atom is -0.481 e. The molecule has 4 heteroatoms. The van der Waals surface area contributed by atoms with Crippen LogP contribution in [0.3, 0.4) is 0 Å². The standard InChI is InChI=1S/C24H40O4/c1-22-12-10-19-23(2)11-9-17(25)13-16(23)14-20(26)24(19,3)18(22)8-7-15(22)5-4-6-21(27)28/h15-20,25-26H,4-14H2,1-3H3,(H,27,28)/t15-,16-,17+,18+,19+,20+,22+,23-,24-/m0/s1. The van der Waals surface area contributed by atoms with Crippen molar-refractivity contribution in [3.8, 4) is 0 Å². The van der Waals surface area contributed by atoms with Crippen molar-refractivity contribution >= 4 is 5.97 Å². The number of rotatable bonds is 4. The molecule has 9 atom stereocenters. The predicted octanol–water partition coefficient (Wildman–Crippen LogP) is 4.62. The van der Waals surface area contributed by atoms with E-state index in [-0.39, 0.29) is 34.9 Å². The summed E-state index contributed by atoms with van der Waals surface area (Å²) in [5.41, 5.74) is 0.445. The van der Waals surface area contributed by atoms with Gasteiger partial charge in [0.2, 0.25) is 0 Å². The highest BCUT2D eigenvalue weighted by molar-refractivity contribution is 5.66. The van der Waals surface area contributed by atoms with E-state index in [9.17, 15) is 15.0 Å². The number of hydrogen-bond donors (Lipinski definition) is 3. The van der Waals surface area contributed by atoms with Crippen molar-refractivity contribution in [3.05, 3.63) is 0 Å². The lowest BCUT2D eigenvalue weighted by Gasteiger charge is -2.67. The minimum absolute atomic E-state index is 0.0396. The van der Waals surface area contributed by atoms with Gasteiger partial charge in [-0.05, 0) is 98.7 Å². The van der Waals surface area contributed by atoms with Crippen LogP contribution in [0, 0.1) is 39.9 Å². The lowest BCUT2D eigenvalue weighted by Crippen LogP contribution is -2.64. The Morgan fingerprint density at radius 1 is 0.929 bits per heavy atom. The molecule has 0 saturated heterocycles. The molecule has 0 aliphatic heterocycles. The summed E-state index contributed by atoms with van der Waals surface area (Å²) in [4.78, 5) is 11.0. The SMILES string of the molecule is C[C@]12CC[C@@H](O)C[C@H]1C[C@@H](O)[C@]1(C)[C@@H]2CC[C@]2(C)[C@@H](CCCC(=O)O)CC[C@H]21. The molecule has 0 radical (unpaired) electrons. The summed E-state index contributed by atoms with van der Waals surface area (Å²) in [6.07, 6.45) is 10.1. The van der Waals surface area contributed by atoms with Crippen molar-refractivity contribution in [3.63, 3.8) is 0 Å². The molecule has 0 amide bonds. The largest absolute Gasteiger partial charge is 0.481 e. The molecule has 4 fully saturated rings. The molecule has 0 aromatic heterocycles. The predicted molar refractivity (Wildman–Crippen MR) is 109 cm³/mol. The molecule has 0 spiro atoms. The molecule has 0 unspecified atom stereocenters. The van der Waals surface area contributed by atoms with E-state index in [0.717, 1.165) is 38.5 Å². The molecule has 28 heavy (non-hydrogen) atoms. The van der Waals surface area contributed by atoms with Crippen LogP contribution in [0.5, 0.6) is 0 Å². The number of carboxylic acid groups (broad SMARTS) is 1. The van der Waals surface area contributed by atoms with E-state index in [0.29, 0.717) is 23.7 Å². The van der Waals surface area contributed by atoms with Gasteiger partial charge in [-0.3, -0.25) is 4.79 Å². The highest BCUT2D eigenvalue weighted by Crippen LogP contribution is 2.72. The Balaban J connectivity index is 1.59. The van der Waals surface area contributed by atoms with E-state index >= 15 is 0 Å². The van der Waals surface area contributed by atoms with Crippen LogP contribution in [0.25, 0.3) is 0 Å². The first-order valence-corrected chi connectivity index (χ1v) is 11.7. The first kappa shape index (κ1) is 20.7. The first-order chi connectivity index (χ1) is 13.1. The fourth-order valence-corrected chi connectivity index (χ4v) is 8.94. The van der Waals surface area contributed by atoms with Crippen molar-refractivity contribution in [2.45, 2.75) is 104 Å². The number of fused-ring (bicyclic) bond motifs is 5. The van der Waals surface area contributed by atoms with Crippen molar-refractivity contribution in [1.29, 1.82) is 0 Å². The summed E-state index contributed by atoms with van der Waals surface area (Å²) >= 11 is 0. The highest BCUT2D eigenvalue weighted by Gasteiger charge is 2.67. The minimum atomic E-state index is -0.684. The second-order valence-electron chi connectivity index (χ2n) is 11.5. The average Bonchev–Trinajstić information content (AvgIpc) is 2.95. The van der Waals surface area contributed by atoms with Crippen LogP contribution in [0.2, 0.25) is 0 Å².